The van der Waals surface area contributed by atoms with Gasteiger partial charge in [0.2, 0.25) is 0 Å². The number of ether oxygens (including phenoxy) is 3. The number of alkyl carbamates (subject to hydrolysis) is 2. The fraction of sp³-hybridized carbons (Fsp3) is 0.385. The molecule has 11 heteroatoms. The third kappa shape index (κ3) is 8.71. The van der Waals surface area contributed by atoms with Crippen LogP contribution in [0.1, 0.15) is 37.8 Å². The molecule has 2 aromatic carbocycles. The number of hydrogen-bond donors (Lipinski definition) is 4. The summed E-state index contributed by atoms with van der Waals surface area (Å²) in [5, 5.41) is 17.2. The summed E-state index contributed by atoms with van der Waals surface area (Å²) >= 11 is 0. The van der Waals surface area contributed by atoms with E-state index in [0.717, 1.165) is 5.56 Å². The minimum absolute atomic E-state index is 0.0127. The van der Waals surface area contributed by atoms with Gasteiger partial charge in [-0.3, -0.25) is 4.79 Å². The van der Waals surface area contributed by atoms with E-state index in [1.54, 1.807) is 32.0 Å². The third-order valence-electron chi connectivity index (χ3n) is 5.36. The number of nitrogens with one attached hydrogen (secondary N) is 3. The normalized spacial score (nSPS) is 15.0. The summed E-state index contributed by atoms with van der Waals surface area (Å²) < 4.78 is 15.9. The lowest BCUT2D eigenvalue weighted by Gasteiger charge is -2.26. The van der Waals surface area contributed by atoms with Crippen molar-refractivity contribution in [2.24, 2.45) is 0 Å². The van der Waals surface area contributed by atoms with Crippen LogP contribution in [0, 0.1) is 0 Å². The molecule has 3 rings (SSSR count). The minimum atomic E-state index is -1.21. The highest BCUT2D eigenvalue weighted by atomic mass is 16.6. The van der Waals surface area contributed by atoms with E-state index in [1.807, 2.05) is 30.3 Å². The molecule has 0 saturated carbocycles. The molecule has 1 heterocycles. The maximum atomic E-state index is 12.5. The van der Waals surface area contributed by atoms with Crippen LogP contribution >= 0.6 is 0 Å². The van der Waals surface area contributed by atoms with Gasteiger partial charge in [-0.15, -0.1) is 0 Å². The zero-order valence-corrected chi connectivity index (χ0v) is 20.7. The third-order valence-corrected chi connectivity index (χ3v) is 5.36. The summed E-state index contributed by atoms with van der Waals surface area (Å²) in [6, 6.07) is 13.0. The number of carbonyl (C=O) groups is 4. The van der Waals surface area contributed by atoms with Crippen molar-refractivity contribution in [3.05, 3.63) is 59.7 Å². The number of amides is 3. The van der Waals surface area contributed by atoms with Gasteiger partial charge in [-0.2, -0.15) is 0 Å². The van der Waals surface area contributed by atoms with Crippen molar-refractivity contribution in [3.8, 4) is 5.75 Å². The highest BCUT2D eigenvalue weighted by Crippen LogP contribution is 2.32. The Balaban J connectivity index is 1.46. The van der Waals surface area contributed by atoms with Gasteiger partial charge in [-0.25, -0.2) is 14.4 Å². The number of carboxylic acids is 1. The molecule has 0 saturated heterocycles. The van der Waals surface area contributed by atoms with Crippen LogP contribution in [0.5, 0.6) is 5.75 Å². The van der Waals surface area contributed by atoms with Crippen LogP contribution in [0.15, 0.2) is 48.5 Å². The van der Waals surface area contributed by atoms with Crippen LogP contribution in [0.3, 0.4) is 0 Å². The van der Waals surface area contributed by atoms with Crippen molar-refractivity contribution < 1.29 is 38.5 Å². The van der Waals surface area contributed by atoms with Crippen molar-refractivity contribution in [2.75, 3.05) is 11.9 Å². The van der Waals surface area contributed by atoms with E-state index in [1.165, 1.54) is 0 Å². The molecule has 0 radical (unpaired) electrons. The van der Waals surface area contributed by atoms with Gasteiger partial charge >= 0.3 is 18.2 Å². The number of aliphatic carboxylic acids is 1. The van der Waals surface area contributed by atoms with Crippen LogP contribution in [-0.4, -0.2) is 54.0 Å². The Morgan fingerprint density at radius 1 is 1.08 bits per heavy atom. The van der Waals surface area contributed by atoms with Gasteiger partial charge in [0.05, 0.1) is 11.8 Å². The molecule has 0 aliphatic carbocycles. The van der Waals surface area contributed by atoms with Crippen LogP contribution < -0.4 is 20.7 Å². The largest absolute Gasteiger partial charge is 0.480 e. The highest BCUT2D eigenvalue weighted by molar-refractivity contribution is 5.97. The second kappa shape index (κ2) is 13.1. The first kappa shape index (κ1) is 27.3. The topological polar surface area (TPSA) is 152 Å². The number of carbonyl (C=O) groups excluding carboxylic acids is 3. The predicted octanol–water partition coefficient (Wildman–Crippen LogP) is 3.22. The van der Waals surface area contributed by atoms with Gasteiger partial charge in [-0.05, 0) is 49.9 Å². The Hall–Kier alpha value is -4.28. The van der Waals surface area contributed by atoms with Crippen molar-refractivity contribution in [1.29, 1.82) is 0 Å². The molecule has 1 aliphatic rings. The fourth-order valence-electron chi connectivity index (χ4n) is 3.59. The number of fused-ring (bicyclic) bond motifs is 1. The molecule has 198 valence electrons. The molecule has 3 amide bonds. The molecule has 2 atom stereocenters. The van der Waals surface area contributed by atoms with Gasteiger partial charge < -0.3 is 35.3 Å². The number of anilines is 1. The molecule has 0 aromatic heterocycles. The lowest BCUT2D eigenvalue weighted by atomic mass is 10.0. The highest BCUT2D eigenvalue weighted by Gasteiger charge is 2.28. The van der Waals surface area contributed by atoms with Crippen LogP contribution in [0.2, 0.25) is 0 Å². The van der Waals surface area contributed by atoms with Crippen LogP contribution in [-0.2, 0) is 32.1 Å². The maximum Gasteiger partial charge on any atom is 0.408 e. The molecule has 2 aromatic rings. The smallest absolute Gasteiger partial charge is 0.408 e. The van der Waals surface area contributed by atoms with E-state index < -0.39 is 30.3 Å². The standard InChI is InChI=1S/C26H31N3O8/c1-16(2)36-26(34)29-20(24(31)32)14-18-10-11-21-19(13-18)28-23(30)22(37-21)9-6-12-27-25(33)35-15-17-7-4-3-5-8-17/h3-5,7-8,10-11,13,16,20,22H,6,9,12,14-15H2,1-2H3,(H,27,33)(H,28,30)(H,29,34)(H,31,32)/t20-,22+/m0/s1. The lowest BCUT2D eigenvalue weighted by molar-refractivity contribution is -0.139. The molecule has 11 nitrogen and oxygen atoms in total. The van der Waals surface area contributed by atoms with Crippen molar-refractivity contribution in [2.45, 2.75) is 58.0 Å². The Morgan fingerprint density at radius 3 is 2.54 bits per heavy atom. The number of benzene rings is 2. The second-order valence-corrected chi connectivity index (χ2v) is 8.75. The molecule has 0 fully saturated rings. The molecular formula is C26H31N3O8. The molecule has 37 heavy (non-hydrogen) atoms. The first-order valence-corrected chi connectivity index (χ1v) is 12.0. The SMILES string of the molecule is CC(C)OC(=O)N[C@@H](Cc1ccc2c(c1)NC(=O)[C@@H](CCCNC(=O)OCc1ccccc1)O2)C(=O)O. The Kier molecular flexibility index (Phi) is 9.70. The molecular weight excluding hydrogens is 482 g/mol. The monoisotopic (exact) mass is 513 g/mol. The number of hydrogen-bond acceptors (Lipinski definition) is 7. The minimum Gasteiger partial charge on any atom is -0.480 e. The Labute approximate surface area is 214 Å². The van der Waals surface area contributed by atoms with Gasteiger partial charge in [0.25, 0.3) is 5.91 Å². The van der Waals surface area contributed by atoms with Crippen molar-refractivity contribution >= 4 is 29.8 Å². The summed E-state index contributed by atoms with van der Waals surface area (Å²) in [6.07, 6.45) is -1.64. The summed E-state index contributed by atoms with van der Waals surface area (Å²) in [4.78, 5) is 47.7. The van der Waals surface area contributed by atoms with Crippen molar-refractivity contribution in [3.63, 3.8) is 0 Å². The quantitative estimate of drug-likeness (QED) is 0.334. The van der Waals surface area contributed by atoms with Gasteiger partial charge in [0, 0.05) is 13.0 Å². The zero-order valence-electron chi connectivity index (χ0n) is 20.7. The van der Waals surface area contributed by atoms with Gasteiger partial charge in [0.15, 0.2) is 6.10 Å². The summed E-state index contributed by atoms with van der Waals surface area (Å²) in [5.41, 5.74) is 1.88. The van der Waals surface area contributed by atoms with E-state index in [2.05, 4.69) is 16.0 Å². The second-order valence-electron chi connectivity index (χ2n) is 8.75. The fourth-order valence-corrected chi connectivity index (χ4v) is 3.59. The van der Waals surface area contributed by atoms with Gasteiger partial charge in [-0.1, -0.05) is 36.4 Å². The Bertz CT molecular complexity index is 1110. The molecule has 0 bridgehead atoms. The zero-order chi connectivity index (χ0) is 26.8. The average Bonchev–Trinajstić information content (AvgIpc) is 2.85. The average molecular weight is 514 g/mol. The summed E-state index contributed by atoms with van der Waals surface area (Å²) in [7, 11) is 0. The van der Waals surface area contributed by atoms with E-state index >= 15 is 0 Å². The van der Waals surface area contributed by atoms with E-state index in [0.29, 0.717) is 36.4 Å². The predicted molar refractivity (Wildman–Crippen MR) is 133 cm³/mol. The summed E-state index contributed by atoms with van der Waals surface area (Å²) in [6.45, 7) is 3.80. The van der Waals surface area contributed by atoms with Crippen molar-refractivity contribution in [1.82, 2.24) is 10.6 Å². The van der Waals surface area contributed by atoms with Crippen LogP contribution in [0.25, 0.3) is 0 Å². The first-order chi connectivity index (χ1) is 17.7. The van der Waals surface area contributed by atoms with Gasteiger partial charge in [0.1, 0.15) is 18.4 Å². The first-order valence-electron chi connectivity index (χ1n) is 12.0. The molecule has 0 unspecified atom stereocenters. The van der Waals surface area contributed by atoms with E-state index in [-0.39, 0.29) is 25.0 Å². The maximum absolute atomic E-state index is 12.5. The van der Waals surface area contributed by atoms with E-state index in [4.69, 9.17) is 14.2 Å². The number of rotatable bonds is 11. The Morgan fingerprint density at radius 2 is 1.84 bits per heavy atom. The van der Waals surface area contributed by atoms with Crippen LogP contribution in [0.4, 0.5) is 15.3 Å². The molecule has 0 spiro atoms. The summed E-state index contributed by atoms with van der Waals surface area (Å²) in [5.74, 6) is -1.11. The lowest BCUT2D eigenvalue weighted by Crippen LogP contribution is -2.43. The number of carboxylic acid groups (broad SMARTS) is 1. The van der Waals surface area contributed by atoms with E-state index in [9.17, 15) is 24.3 Å². The molecule has 4 N–H and O–H groups in total. The molecule has 1 aliphatic heterocycles.